The molecule has 1 rings (SSSR count). The molecule has 1 N–H and O–H groups in total. The molecule has 0 saturated heterocycles. The van der Waals surface area contributed by atoms with Crippen molar-refractivity contribution in [2.75, 3.05) is 12.4 Å². The Morgan fingerprint density at radius 1 is 1.22 bits per heavy atom. The van der Waals surface area contributed by atoms with E-state index in [-0.39, 0.29) is 5.57 Å². The van der Waals surface area contributed by atoms with E-state index in [2.05, 4.69) is 10.3 Å². The molecule has 5 heteroatoms. The summed E-state index contributed by atoms with van der Waals surface area (Å²) >= 11 is 0. The zero-order valence-corrected chi connectivity index (χ0v) is 10.5. The maximum Gasteiger partial charge on any atom is 0.431 e. The van der Waals surface area contributed by atoms with E-state index in [1.165, 1.54) is 20.2 Å². The molecule has 0 aliphatic heterocycles. The molecule has 0 radical (unpaired) electrons. The smallest absolute Gasteiger partial charge is 0.351 e. The van der Waals surface area contributed by atoms with E-state index in [0.717, 1.165) is 5.56 Å². The Bertz CT molecular complexity index is 456. The molecule has 0 fully saturated rings. The highest BCUT2D eigenvalue weighted by molar-refractivity contribution is 5.80. The van der Waals surface area contributed by atoms with E-state index in [0.29, 0.717) is 5.69 Å². The van der Waals surface area contributed by atoms with Crippen LogP contribution in [-0.4, -0.2) is 19.4 Å². The number of aliphatic imine (C=N–C) groups is 1. The number of benzene rings is 1. The van der Waals surface area contributed by atoms with Crippen molar-refractivity contribution in [2.45, 2.75) is 20.0 Å². The van der Waals surface area contributed by atoms with E-state index < -0.39 is 11.9 Å². The van der Waals surface area contributed by atoms with Crippen molar-refractivity contribution in [3.63, 3.8) is 0 Å². The van der Waals surface area contributed by atoms with Gasteiger partial charge in [-0.25, -0.2) is 0 Å². The highest BCUT2D eigenvalue weighted by Gasteiger charge is 2.35. The van der Waals surface area contributed by atoms with E-state index in [4.69, 9.17) is 0 Å². The molecule has 0 aliphatic carbocycles. The summed E-state index contributed by atoms with van der Waals surface area (Å²) in [5, 5.41) is 2.39. The minimum atomic E-state index is -4.43. The van der Waals surface area contributed by atoms with Crippen LogP contribution in [0.15, 0.2) is 40.5 Å². The standard InChI is InChI=1S/C13H15F3N2/c1-9-4-6-11(7-5-9)18-12(13(14,15)16)10(2)8-17-3/h4-8,18H,1-3H3/b12-10-,17-8?. The predicted molar refractivity (Wildman–Crippen MR) is 68.0 cm³/mol. The van der Waals surface area contributed by atoms with Crippen molar-refractivity contribution in [1.29, 1.82) is 0 Å². The number of hydrogen-bond donors (Lipinski definition) is 1. The van der Waals surface area contributed by atoms with Crippen LogP contribution in [0.4, 0.5) is 18.9 Å². The highest BCUT2D eigenvalue weighted by atomic mass is 19.4. The molecule has 1 aromatic carbocycles. The lowest BCUT2D eigenvalue weighted by Crippen LogP contribution is -2.21. The molecule has 0 aliphatic rings. The average Bonchev–Trinajstić information content (AvgIpc) is 2.26. The number of halogens is 3. The number of nitrogens with zero attached hydrogens (tertiary/aromatic N) is 1. The largest absolute Gasteiger partial charge is 0.431 e. The Morgan fingerprint density at radius 2 is 1.78 bits per heavy atom. The summed E-state index contributed by atoms with van der Waals surface area (Å²) in [6.45, 7) is 3.25. The Hall–Kier alpha value is -1.78. The van der Waals surface area contributed by atoms with Gasteiger partial charge >= 0.3 is 6.18 Å². The minimum Gasteiger partial charge on any atom is -0.351 e. The minimum absolute atomic E-state index is 0.0468. The number of rotatable bonds is 3. The quantitative estimate of drug-likeness (QED) is 0.814. The summed E-state index contributed by atoms with van der Waals surface area (Å²) in [5.41, 5.74) is 0.643. The summed E-state index contributed by atoms with van der Waals surface area (Å²) in [6, 6.07) is 6.72. The van der Waals surface area contributed by atoms with Gasteiger partial charge in [0.2, 0.25) is 0 Å². The molecule has 0 atom stereocenters. The third-order valence-corrected chi connectivity index (χ3v) is 2.32. The van der Waals surface area contributed by atoms with Crippen molar-refractivity contribution < 1.29 is 13.2 Å². The van der Waals surface area contributed by atoms with Gasteiger partial charge in [-0.15, -0.1) is 0 Å². The second-order valence-electron chi connectivity index (χ2n) is 3.93. The number of alkyl halides is 3. The van der Waals surface area contributed by atoms with Gasteiger partial charge in [-0.3, -0.25) is 4.99 Å². The zero-order valence-electron chi connectivity index (χ0n) is 10.5. The Balaban J connectivity index is 3.07. The Morgan fingerprint density at radius 3 is 2.22 bits per heavy atom. The molecule has 18 heavy (non-hydrogen) atoms. The number of anilines is 1. The van der Waals surface area contributed by atoms with Crippen LogP contribution in [0.5, 0.6) is 0 Å². The van der Waals surface area contributed by atoms with Gasteiger partial charge in [0.05, 0.1) is 0 Å². The normalized spacial score (nSPS) is 13.7. The molecule has 0 amide bonds. The Labute approximate surface area is 104 Å². The molecule has 0 saturated carbocycles. The summed E-state index contributed by atoms with van der Waals surface area (Å²) in [5.74, 6) is 0. The molecule has 0 aromatic heterocycles. The van der Waals surface area contributed by atoms with Crippen LogP contribution >= 0.6 is 0 Å². The van der Waals surface area contributed by atoms with Crippen molar-refractivity contribution in [3.8, 4) is 0 Å². The summed E-state index contributed by atoms with van der Waals surface area (Å²) in [6.07, 6.45) is -3.25. The fraction of sp³-hybridized carbons (Fsp3) is 0.308. The summed E-state index contributed by atoms with van der Waals surface area (Å²) < 4.78 is 38.6. The van der Waals surface area contributed by atoms with Gasteiger partial charge in [0.1, 0.15) is 5.70 Å². The average molecular weight is 256 g/mol. The lowest BCUT2D eigenvalue weighted by Gasteiger charge is -2.16. The number of nitrogens with one attached hydrogen (secondary N) is 1. The predicted octanol–water partition coefficient (Wildman–Crippen LogP) is 3.94. The van der Waals surface area contributed by atoms with Crippen molar-refractivity contribution >= 4 is 11.9 Å². The van der Waals surface area contributed by atoms with Crippen LogP contribution < -0.4 is 5.32 Å². The van der Waals surface area contributed by atoms with Gasteiger partial charge in [0.15, 0.2) is 0 Å². The molecule has 0 unspecified atom stereocenters. The van der Waals surface area contributed by atoms with Crippen LogP contribution in [-0.2, 0) is 0 Å². The van der Waals surface area contributed by atoms with Crippen LogP contribution in [0.25, 0.3) is 0 Å². The topological polar surface area (TPSA) is 24.4 Å². The van der Waals surface area contributed by atoms with Gasteiger partial charge in [0.25, 0.3) is 0 Å². The number of hydrogen-bond acceptors (Lipinski definition) is 2. The lowest BCUT2D eigenvalue weighted by atomic mass is 10.2. The molecule has 1 aromatic rings. The molecular weight excluding hydrogens is 241 g/mol. The second-order valence-corrected chi connectivity index (χ2v) is 3.93. The first-order valence-corrected chi connectivity index (χ1v) is 5.38. The second kappa shape index (κ2) is 5.71. The summed E-state index contributed by atoms with van der Waals surface area (Å²) in [4.78, 5) is 3.60. The van der Waals surface area contributed by atoms with Gasteiger partial charge in [-0.2, -0.15) is 13.2 Å². The van der Waals surface area contributed by atoms with Crippen molar-refractivity contribution in [1.82, 2.24) is 0 Å². The maximum absolute atomic E-state index is 12.9. The fourth-order valence-corrected chi connectivity index (χ4v) is 1.43. The van der Waals surface area contributed by atoms with Gasteiger partial charge in [0, 0.05) is 18.9 Å². The Kier molecular flexibility index (Phi) is 4.53. The van der Waals surface area contributed by atoms with Crippen LogP contribution in [0.1, 0.15) is 12.5 Å². The molecule has 0 bridgehead atoms. The first kappa shape index (κ1) is 14.3. The highest BCUT2D eigenvalue weighted by Crippen LogP contribution is 2.29. The van der Waals surface area contributed by atoms with Gasteiger partial charge in [-0.05, 0) is 31.6 Å². The van der Waals surface area contributed by atoms with E-state index in [1.54, 1.807) is 24.3 Å². The number of allylic oxidation sites excluding steroid dienone is 2. The molecule has 0 spiro atoms. The monoisotopic (exact) mass is 256 g/mol. The first-order chi connectivity index (χ1) is 8.34. The molecule has 2 nitrogen and oxygen atoms in total. The van der Waals surface area contributed by atoms with Gasteiger partial charge in [-0.1, -0.05) is 17.7 Å². The zero-order chi connectivity index (χ0) is 13.8. The van der Waals surface area contributed by atoms with Crippen LogP contribution in [0.2, 0.25) is 0 Å². The summed E-state index contributed by atoms with van der Waals surface area (Å²) in [7, 11) is 1.43. The number of aryl methyl sites for hydroxylation is 1. The van der Waals surface area contributed by atoms with Crippen molar-refractivity contribution in [3.05, 3.63) is 41.1 Å². The molecule has 0 heterocycles. The molecular formula is C13H15F3N2. The van der Waals surface area contributed by atoms with Crippen molar-refractivity contribution in [2.24, 2.45) is 4.99 Å². The van der Waals surface area contributed by atoms with Gasteiger partial charge < -0.3 is 5.32 Å². The van der Waals surface area contributed by atoms with Crippen LogP contribution in [0, 0.1) is 6.92 Å². The third-order valence-electron chi connectivity index (χ3n) is 2.32. The fourth-order valence-electron chi connectivity index (χ4n) is 1.43. The maximum atomic E-state index is 12.9. The van der Waals surface area contributed by atoms with E-state index >= 15 is 0 Å². The molecule has 98 valence electrons. The SMILES string of the molecule is CN=C/C(C)=C(\Nc1ccc(C)cc1)C(F)(F)F. The third kappa shape index (κ3) is 3.91. The van der Waals surface area contributed by atoms with Crippen LogP contribution in [0.3, 0.4) is 0 Å². The first-order valence-electron chi connectivity index (χ1n) is 5.38. The lowest BCUT2D eigenvalue weighted by molar-refractivity contribution is -0.0907. The van der Waals surface area contributed by atoms with E-state index in [9.17, 15) is 13.2 Å². The van der Waals surface area contributed by atoms with E-state index in [1.807, 2.05) is 6.92 Å².